The summed E-state index contributed by atoms with van der Waals surface area (Å²) >= 11 is 0. The van der Waals surface area contributed by atoms with Crippen molar-refractivity contribution < 1.29 is 18.0 Å². The average molecular weight is 181 g/mol. The van der Waals surface area contributed by atoms with Crippen LogP contribution in [0.3, 0.4) is 0 Å². The van der Waals surface area contributed by atoms with Crippen LogP contribution >= 0.6 is 0 Å². The quantitative estimate of drug-likeness (QED) is 0.606. The Kier molecular flexibility index (Phi) is 2.72. The van der Waals surface area contributed by atoms with Gasteiger partial charge in [0.05, 0.1) is 5.92 Å². The number of ketones is 1. The van der Waals surface area contributed by atoms with Crippen molar-refractivity contribution in [3.63, 3.8) is 0 Å². The standard InChI is InChI=1S/C7H10F3NO/c8-7(9,10)5-3-6(12)1-2-11-4-5/h5,11H,1-4H2. The lowest BCUT2D eigenvalue weighted by Crippen LogP contribution is -2.32. The lowest BCUT2D eigenvalue weighted by atomic mass is 10.0. The molecular formula is C7H10F3NO. The molecule has 1 rings (SSSR count). The van der Waals surface area contributed by atoms with Crippen molar-refractivity contribution in [2.24, 2.45) is 5.92 Å². The Balaban J connectivity index is 2.58. The summed E-state index contributed by atoms with van der Waals surface area (Å²) in [7, 11) is 0. The number of alkyl halides is 3. The highest BCUT2D eigenvalue weighted by Gasteiger charge is 2.40. The molecule has 70 valence electrons. The van der Waals surface area contributed by atoms with E-state index in [1.54, 1.807) is 0 Å². The van der Waals surface area contributed by atoms with Crippen LogP contribution in [0, 0.1) is 5.92 Å². The monoisotopic (exact) mass is 181 g/mol. The third-order valence-electron chi connectivity index (χ3n) is 1.91. The molecule has 1 aliphatic rings. The molecule has 1 atom stereocenters. The number of halogens is 3. The Labute approximate surface area is 68.1 Å². The van der Waals surface area contributed by atoms with Crippen LogP contribution in [0.15, 0.2) is 0 Å². The van der Waals surface area contributed by atoms with E-state index in [0.717, 1.165) is 0 Å². The molecule has 0 bridgehead atoms. The van der Waals surface area contributed by atoms with Crippen molar-refractivity contribution in [3.05, 3.63) is 0 Å². The summed E-state index contributed by atoms with van der Waals surface area (Å²) in [6.45, 7) is 0.237. The van der Waals surface area contributed by atoms with Gasteiger partial charge >= 0.3 is 6.18 Å². The zero-order chi connectivity index (χ0) is 9.19. The SMILES string of the molecule is O=C1CCNCC(C(F)(F)F)C1. The summed E-state index contributed by atoms with van der Waals surface area (Å²) in [5.74, 6) is -1.80. The molecule has 1 saturated heterocycles. The molecule has 1 aliphatic heterocycles. The Morgan fingerprint density at radius 2 is 2.08 bits per heavy atom. The first-order valence-electron chi connectivity index (χ1n) is 3.79. The topological polar surface area (TPSA) is 29.1 Å². The predicted molar refractivity (Wildman–Crippen MR) is 36.7 cm³/mol. The van der Waals surface area contributed by atoms with E-state index in [4.69, 9.17) is 0 Å². The molecule has 2 nitrogen and oxygen atoms in total. The highest BCUT2D eigenvalue weighted by atomic mass is 19.4. The Bertz CT molecular complexity index is 178. The summed E-state index contributed by atoms with van der Waals surface area (Å²) in [6.07, 6.45) is -4.39. The number of rotatable bonds is 0. The highest BCUT2D eigenvalue weighted by Crippen LogP contribution is 2.29. The van der Waals surface area contributed by atoms with Crippen LogP contribution in [-0.4, -0.2) is 25.0 Å². The third-order valence-corrected chi connectivity index (χ3v) is 1.91. The van der Waals surface area contributed by atoms with Crippen LogP contribution in [0.2, 0.25) is 0 Å². The van der Waals surface area contributed by atoms with Crippen LogP contribution in [0.4, 0.5) is 13.2 Å². The van der Waals surface area contributed by atoms with E-state index in [0.29, 0.717) is 6.54 Å². The van der Waals surface area contributed by atoms with Gasteiger partial charge in [0.25, 0.3) is 0 Å². The van der Waals surface area contributed by atoms with Crippen molar-refractivity contribution in [2.75, 3.05) is 13.1 Å². The summed E-state index contributed by atoms with van der Waals surface area (Å²) in [4.78, 5) is 10.8. The van der Waals surface area contributed by atoms with Gasteiger partial charge in [-0.3, -0.25) is 4.79 Å². The van der Waals surface area contributed by atoms with E-state index in [1.165, 1.54) is 0 Å². The minimum absolute atomic E-state index is 0.130. The van der Waals surface area contributed by atoms with Gasteiger partial charge in [0.15, 0.2) is 0 Å². The molecular weight excluding hydrogens is 171 g/mol. The minimum atomic E-state index is -4.24. The summed E-state index contributed by atoms with van der Waals surface area (Å²) in [5, 5.41) is 2.59. The molecule has 0 aromatic heterocycles. The van der Waals surface area contributed by atoms with Crippen LogP contribution in [0.1, 0.15) is 12.8 Å². The maximum atomic E-state index is 12.1. The smallest absolute Gasteiger partial charge is 0.316 e. The van der Waals surface area contributed by atoms with Crippen molar-refractivity contribution in [1.29, 1.82) is 0 Å². The summed E-state index contributed by atoms with van der Waals surface area (Å²) in [6, 6.07) is 0. The van der Waals surface area contributed by atoms with Gasteiger partial charge in [0.1, 0.15) is 5.78 Å². The van der Waals surface area contributed by atoms with Gasteiger partial charge in [-0.25, -0.2) is 0 Å². The molecule has 0 radical (unpaired) electrons. The highest BCUT2D eigenvalue weighted by molar-refractivity contribution is 5.79. The van der Waals surface area contributed by atoms with Crippen LogP contribution in [0.25, 0.3) is 0 Å². The molecule has 0 aromatic carbocycles. The normalized spacial score (nSPS) is 26.9. The molecule has 1 fully saturated rings. The molecule has 0 aliphatic carbocycles. The second-order valence-electron chi connectivity index (χ2n) is 2.94. The zero-order valence-electron chi connectivity index (χ0n) is 6.45. The minimum Gasteiger partial charge on any atom is -0.316 e. The molecule has 0 aromatic rings. The lowest BCUT2D eigenvalue weighted by molar-refractivity contribution is -0.175. The van der Waals surface area contributed by atoms with Gasteiger partial charge in [-0.1, -0.05) is 0 Å². The lowest BCUT2D eigenvalue weighted by Gasteiger charge is -2.16. The van der Waals surface area contributed by atoms with Gasteiger partial charge in [0, 0.05) is 25.9 Å². The number of carbonyl (C=O) groups excluding carboxylic acids is 1. The number of carbonyl (C=O) groups is 1. The van der Waals surface area contributed by atoms with E-state index in [9.17, 15) is 18.0 Å². The average Bonchev–Trinajstić information content (AvgIpc) is 2.11. The van der Waals surface area contributed by atoms with Gasteiger partial charge in [-0.2, -0.15) is 13.2 Å². The number of nitrogens with one attached hydrogen (secondary N) is 1. The molecule has 0 saturated carbocycles. The van der Waals surface area contributed by atoms with Crippen molar-refractivity contribution in [3.8, 4) is 0 Å². The van der Waals surface area contributed by atoms with E-state index in [2.05, 4.69) is 5.32 Å². The molecule has 1 heterocycles. The fraction of sp³-hybridized carbons (Fsp3) is 0.857. The Morgan fingerprint density at radius 3 is 2.67 bits per heavy atom. The van der Waals surface area contributed by atoms with Crippen LogP contribution < -0.4 is 5.32 Å². The molecule has 1 N–H and O–H groups in total. The molecule has 5 heteroatoms. The van der Waals surface area contributed by atoms with Gasteiger partial charge in [-0.15, -0.1) is 0 Å². The first kappa shape index (κ1) is 9.51. The molecule has 12 heavy (non-hydrogen) atoms. The van der Waals surface area contributed by atoms with Crippen molar-refractivity contribution in [1.82, 2.24) is 5.32 Å². The zero-order valence-corrected chi connectivity index (χ0v) is 6.45. The van der Waals surface area contributed by atoms with E-state index in [1.807, 2.05) is 0 Å². The second kappa shape index (κ2) is 3.43. The molecule has 1 unspecified atom stereocenters. The first-order valence-corrected chi connectivity index (χ1v) is 3.79. The first-order chi connectivity index (χ1) is 5.50. The van der Waals surface area contributed by atoms with Gasteiger partial charge in [-0.05, 0) is 0 Å². The maximum Gasteiger partial charge on any atom is 0.393 e. The molecule has 0 spiro atoms. The van der Waals surface area contributed by atoms with Crippen LogP contribution in [-0.2, 0) is 4.79 Å². The van der Waals surface area contributed by atoms with Crippen molar-refractivity contribution in [2.45, 2.75) is 19.0 Å². The summed E-state index contributed by atoms with van der Waals surface area (Å²) in [5.41, 5.74) is 0. The third kappa shape index (κ3) is 2.48. The number of hydrogen-bond acceptors (Lipinski definition) is 2. The van der Waals surface area contributed by atoms with E-state index < -0.39 is 12.1 Å². The Hall–Kier alpha value is -0.580. The Morgan fingerprint density at radius 1 is 1.42 bits per heavy atom. The maximum absolute atomic E-state index is 12.1. The number of Topliss-reactive ketones (excluding diaryl/α,β-unsaturated/α-hetero) is 1. The molecule has 0 amide bonds. The second-order valence-corrected chi connectivity index (χ2v) is 2.94. The van der Waals surface area contributed by atoms with Gasteiger partial charge < -0.3 is 5.32 Å². The van der Waals surface area contributed by atoms with Crippen LogP contribution in [0.5, 0.6) is 0 Å². The largest absolute Gasteiger partial charge is 0.393 e. The number of hydrogen-bond donors (Lipinski definition) is 1. The van der Waals surface area contributed by atoms with Gasteiger partial charge in [0.2, 0.25) is 0 Å². The fourth-order valence-corrected chi connectivity index (χ4v) is 1.18. The summed E-state index contributed by atoms with van der Waals surface area (Å²) < 4.78 is 36.3. The van der Waals surface area contributed by atoms with E-state index >= 15 is 0 Å². The van der Waals surface area contributed by atoms with E-state index in [-0.39, 0.29) is 25.2 Å². The van der Waals surface area contributed by atoms with Crippen molar-refractivity contribution >= 4 is 5.78 Å². The fourth-order valence-electron chi connectivity index (χ4n) is 1.18. The predicted octanol–water partition coefficient (Wildman–Crippen LogP) is 1.12.